The van der Waals surface area contributed by atoms with Crippen LogP contribution >= 0.6 is 0 Å². The number of aromatic nitrogens is 2. The Labute approximate surface area is 133 Å². The zero-order valence-electron chi connectivity index (χ0n) is 12.1. The van der Waals surface area contributed by atoms with Crippen LogP contribution in [0.25, 0.3) is 0 Å². The fraction of sp³-hybridized carbons (Fsp3) is 0. The molecule has 3 rings (SSSR count). The maximum Gasteiger partial charge on any atom is 0.285 e. The van der Waals surface area contributed by atoms with Crippen LogP contribution in [0.3, 0.4) is 0 Å². The maximum atomic E-state index is 11.8. The predicted octanol–water partition coefficient (Wildman–Crippen LogP) is 2.94. The van der Waals surface area contributed by atoms with Gasteiger partial charge in [-0.15, -0.1) is 0 Å². The minimum atomic E-state index is -0.353. The van der Waals surface area contributed by atoms with Gasteiger partial charge < -0.3 is 10.2 Å². The number of rotatable bonds is 5. The topological polar surface area (TPSA) is 76.1 Å². The summed E-state index contributed by atoms with van der Waals surface area (Å²) in [7, 11) is 0. The first-order valence-corrected chi connectivity index (χ1v) is 6.96. The van der Waals surface area contributed by atoms with E-state index in [-0.39, 0.29) is 5.91 Å². The molecule has 114 valence electrons. The fourth-order valence-corrected chi connectivity index (χ4v) is 1.85. The summed E-state index contributed by atoms with van der Waals surface area (Å²) in [4.78, 5) is 25.2. The number of anilines is 2. The molecular weight excluding hydrogens is 292 g/mol. The third-order valence-electron chi connectivity index (χ3n) is 2.98. The monoisotopic (exact) mass is 306 g/mol. The molecule has 6 nitrogen and oxygen atoms in total. The van der Waals surface area contributed by atoms with Crippen molar-refractivity contribution in [3.8, 4) is 5.75 Å². The first-order chi connectivity index (χ1) is 11.3. The molecular formula is C17H14N4O2. The van der Waals surface area contributed by atoms with Gasteiger partial charge in [0.25, 0.3) is 5.91 Å². The molecule has 0 radical (unpaired) electrons. The third kappa shape index (κ3) is 4.04. The molecule has 0 bridgehead atoms. The second kappa shape index (κ2) is 7.04. The van der Waals surface area contributed by atoms with Gasteiger partial charge in [0.05, 0.1) is 5.56 Å². The van der Waals surface area contributed by atoms with Crippen LogP contribution in [0.5, 0.6) is 5.75 Å². The first-order valence-electron chi connectivity index (χ1n) is 6.96. The quantitative estimate of drug-likeness (QED) is 0.709. The van der Waals surface area contributed by atoms with Gasteiger partial charge in [-0.05, 0) is 48.5 Å². The van der Waals surface area contributed by atoms with Crippen molar-refractivity contribution in [3.05, 3.63) is 78.8 Å². The van der Waals surface area contributed by atoms with E-state index in [1.54, 1.807) is 36.7 Å². The van der Waals surface area contributed by atoms with E-state index in [0.29, 0.717) is 11.3 Å². The molecule has 0 atom stereocenters. The van der Waals surface area contributed by atoms with Crippen LogP contribution in [0.4, 0.5) is 11.5 Å². The lowest BCUT2D eigenvalue weighted by Gasteiger charge is -2.08. The molecule has 0 saturated carbocycles. The highest BCUT2D eigenvalue weighted by atomic mass is 16.7. The Morgan fingerprint density at radius 2 is 1.83 bits per heavy atom. The third-order valence-corrected chi connectivity index (χ3v) is 2.98. The summed E-state index contributed by atoms with van der Waals surface area (Å²) in [6.45, 7) is 0. The van der Waals surface area contributed by atoms with Gasteiger partial charge in [0, 0.05) is 24.3 Å². The minimum absolute atomic E-state index is 0.353. The molecule has 1 aromatic carbocycles. The second-order valence-corrected chi connectivity index (χ2v) is 4.64. The summed E-state index contributed by atoms with van der Waals surface area (Å²) in [5.74, 6) is 0.925. The van der Waals surface area contributed by atoms with Crippen molar-refractivity contribution in [2.75, 3.05) is 5.32 Å². The Bertz CT molecular complexity index is 762. The summed E-state index contributed by atoms with van der Waals surface area (Å²) in [6.07, 6.45) is 4.79. The number of carbonyl (C=O) groups is 1. The average Bonchev–Trinajstić information content (AvgIpc) is 2.62. The van der Waals surface area contributed by atoms with Crippen LogP contribution in [0.15, 0.2) is 73.2 Å². The van der Waals surface area contributed by atoms with Crippen molar-refractivity contribution in [2.24, 2.45) is 0 Å². The molecule has 0 aliphatic carbocycles. The van der Waals surface area contributed by atoms with Crippen LogP contribution in [0.2, 0.25) is 0 Å². The Morgan fingerprint density at radius 3 is 2.52 bits per heavy atom. The van der Waals surface area contributed by atoms with Gasteiger partial charge in [-0.1, -0.05) is 6.07 Å². The van der Waals surface area contributed by atoms with Crippen LogP contribution in [-0.4, -0.2) is 15.9 Å². The molecule has 0 spiro atoms. The molecule has 2 N–H and O–H groups in total. The highest BCUT2D eigenvalue weighted by Gasteiger charge is 2.05. The second-order valence-electron chi connectivity index (χ2n) is 4.64. The highest BCUT2D eigenvalue weighted by Crippen LogP contribution is 2.18. The van der Waals surface area contributed by atoms with Crippen molar-refractivity contribution >= 4 is 17.4 Å². The van der Waals surface area contributed by atoms with Crippen LogP contribution in [-0.2, 0) is 0 Å². The van der Waals surface area contributed by atoms with Gasteiger partial charge in [-0.2, -0.15) is 5.48 Å². The van der Waals surface area contributed by atoms with Gasteiger partial charge in [0.1, 0.15) is 5.82 Å². The summed E-state index contributed by atoms with van der Waals surface area (Å²) >= 11 is 0. The lowest BCUT2D eigenvalue weighted by Crippen LogP contribution is -2.26. The molecule has 0 unspecified atom stereocenters. The summed E-state index contributed by atoms with van der Waals surface area (Å²) < 4.78 is 0. The number of hydrogen-bond donors (Lipinski definition) is 2. The van der Waals surface area contributed by atoms with Crippen LogP contribution < -0.4 is 15.6 Å². The van der Waals surface area contributed by atoms with Crippen molar-refractivity contribution < 1.29 is 9.63 Å². The van der Waals surface area contributed by atoms with Crippen LogP contribution in [0.1, 0.15) is 10.4 Å². The summed E-state index contributed by atoms with van der Waals surface area (Å²) in [5.41, 5.74) is 3.67. The van der Waals surface area contributed by atoms with E-state index < -0.39 is 0 Å². The number of hydroxylamine groups is 1. The Hall–Kier alpha value is -3.41. The average molecular weight is 306 g/mol. The number of hydrogen-bond acceptors (Lipinski definition) is 5. The van der Waals surface area contributed by atoms with Gasteiger partial charge in [0.2, 0.25) is 0 Å². The predicted molar refractivity (Wildman–Crippen MR) is 86.3 cm³/mol. The lowest BCUT2D eigenvalue weighted by atomic mass is 10.3. The van der Waals surface area contributed by atoms with Gasteiger partial charge in [0.15, 0.2) is 5.75 Å². The Balaban J connectivity index is 1.56. The normalized spacial score (nSPS) is 9.91. The van der Waals surface area contributed by atoms with E-state index >= 15 is 0 Å². The molecule has 0 saturated heterocycles. The van der Waals surface area contributed by atoms with E-state index in [2.05, 4.69) is 20.8 Å². The van der Waals surface area contributed by atoms with Crippen molar-refractivity contribution in [3.63, 3.8) is 0 Å². The van der Waals surface area contributed by atoms with E-state index in [9.17, 15) is 4.79 Å². The van der Waals surface area contributed by atoms with Gasteiger partial charge in [-0.25, -0.2) is 4.98 Å². The van der Waals surface area contributed by atoms with E-state index in [4.69, 9.17) is 4.84 Å². The molecule has 6 heteroatoms. The summed E-state index contributed by atoms with van der Waals surface area (Å²) in [5, 5.41) is 3.16. The number of carbonyl (C=O) groups excluding carboxylic acids is 1. The molecule has 3 aromatic rings. The van der Waals surface area contributed by atoms with Crippen LogP contribution in [0, 0.1) is 0 Å². The maximum absolute atomic E-state index is 11.8. The molecule has 0 aliphatic rings. The molecule has 0 fully saturated rings. The van der Waals surface area contributed by atoms with Crippen molar-refractivity contribution in [1.29, 1.82) is 0 Å². The van der Waals surface area contributed by atoms with Crippen molar-refractivity contribution in [2.45, 2.75) is 0 Å². The molecule has 23 heavy (non-hydrogen) atoms. The molecule has 1 amide bonds. The molecule has 0 aliphatic heterocycles. The lowest BCUT2D eigenvalue weighted by molar-refractivity contribution is 0.0759. The standard InChI is InChI=1S/C17H14N4O2/c22-17(13-4-3-10-18-12-13)21-23-15-8-6-14(7-9-15)20-16-5-1-2-11-19-16/h1-12H,(H,19,20)(H,21,22). The largest absolute Gasteiger partial charge is 0.379 e. The Morgan fingerprint density at radius 1 is 0.957 bits per heavy atom. The number of benzene rings is 1. The van der Waals surface area contributed by atoms with Crippen molar-refractivity contribution in [1.82, 2.24) is 15.4 Å². The minimum Gasteiger partial charge on any atom is -0.379 e. The number of pyridine rings is 2. The first kappa shape index (κ1) is 14.5. The highest BCUT2D eigenvalue weighted by molar-refractivity contribution is 5.93. The van der Waals surface area contributed by atoms with Gasteiger partial charge >= 0.3 is 0 Å². The molecule has 2 heterocycles. The van der Waals surface area contributed by atoms with E-state index in [1.165, 1.54) is 6.20 Å². The zero-order valence-corrected chi connectivity index (χ0v) is 12.1. The zero-order chi connectivity index (χ0) is 15.9. The smallest absolute Gasteiger partial charge is 0.285 e. The SMILES string of the molecule is O=C(NOc1ccc(Nc2ccccn2)cc1)c1cccnc1. The molecule has 2 aromatic heterocycles. The number of amides is 1. The number of nitrogens with zero attached hydrogens (tertiary/aromatic N) is 2. The number of nitrogens with one attached hydrogen (secondary N) is 2. The van der Waals surface area contributed by atoms with Gasteiger partial charge in [-0.3, -0.25) is 9.78 Å². The van der Waals surface area contributed by atoms with E-state index in [1.807, 2.05) is 30.3 Å². The fourth-order valence-electron chi connectivity index (χ4n) is 1.85. The summed E-state index contributed by atoms with van der Waals surface area (Å²) in [6, 6.07) is 16.1. The van der Waals surface area contributed by atoms with E-state index in [0.717, 1.165) is 11.5 Å². The Kier molecular flexibility index (Phi) is 4.44.